The second-order valence-corrected chi connectivity index (χ2v) is 7.25. The van der Waals surface area contributed by atoms with Gasteiger partial charge in [0, 0.05) is 28.7 Å². The monoisotopic (exact) mass is 311 g/mol. The maximum atomic E-state index is 13.6. The maximum Gasteiger partial charge on any atom is 0.237 e. The number of benzene rings is 1. The quantitative estimate of drug-likeness (QED) is 0.786. The van der Waals surface area contributed by atoms with Gasteiger partial charge in [-0.1, -0.05) is 11.6 Å². The normalized spacial score (nSPS) is 20.5. The molecular formula is C10H8Cl2FNO3S. The molecule has 18 heavy (non-hydrogen) atoms. The highest BCUT2D eigenvalue weighted by atomic mass is 35.7. The molecule has 1 heterocycles. The van der Waals surface area contributed by atoms with Crippen molar-refractivity contribution in [3.8, 4) is 0 Å². The highest BCUT2D eigenvalue weighted by Crippen LogP contribution is 2.29. The molecular weight excluding hydrogens is 304 g/mol. The molecule has 0 aromatic heterocycles. The van der Waals surface area contributed by atoms with Gasteiger partial charge in [0.2, 0.25) is 15.0 Å². The Morgan fingerprint density at radius 3 is 2.56 bits per heavy atom. The Labute approximate surface area is 113 Å². The molecule has 0 saturated carbocycles. The van der Waals surface area contributed by atoms with E-state index in [-0.39, 0.29) is 23.7 Å². The Hall–Kier alpha value is -0.850. The molecule has 0 radical (unpaired) electrons. The highest BCUT2D eigenvalue weighted by molar-refractivity contribution is 8.14. The molecule has 1 atom stereocenters. The largest absolute Gasteiger partial charge is 0.308 e. The van der Waals surface area contributed by atoms with Crippen LogP contribution in [0.25, 0.3) is 0 Å². The van der Waals surface area contributed by atoms with Crippen LogP contribution in [0.15, 0.2) is 18.2 Å². The zero-order valence-corrected chi connectivity index (χ0v) is 11.3. The summed E-state index contributed by atoms with van der Waals surface area (Å²) in [6.07, 6.45) is -0.242. The van der Waals surface area contributed by atoms with Crippen LogP contribution in [0, 0.1) is 5.82 Å². The molecule has 0 aliphatic carbocycles. The number of rotatable bonds is 2. The summed E-state index contributed by atoms with van der Waals surface area (Å²) in [4.78, 5) is 12.7. The van der Waals surface area contributed by atoms with Gasteiger partial charge in [-0.05, 0) is 18.2 Å². The van der Waals surface area contributed by atoms with Crippen molar-refractivity contribution in [3.63, 3.8) is 0 Å². The van der Waals surface area contributed by atoms with E-state index in [1.165, 1.54) is 12.1 Å². The third-order valence-corrected chi connectivity index (χ3v) is 4.79. The van der Waals surface area contributed by atoms with Crippen molar-refractivity contribution < 1.29 is 17.6 Å². The first-order valence-corrected chi connectivity index (χ1v) is 7.73. The van der Waals surface area contributed by atoms with Gasteiger partial charge >= 0.3 is 0 Å². The van der Waals surface area contributed by atoms with Gasteiger partial charge in [0.25, 0.3) is 0 Å². The van der Waals surface area contributed by atoms with E-state index in [4.69, 9.17) is 22.3 Å². The zero-order valence-electron chi connectivity index (χ0n) is 8.94. The lowest BCUT2D eigenvalue weighted by molar-refractivity contribution is -0.117. The Balaban J connectivity index is 2.33. The van der Waals surface area contributed by atoms with Gasteiger partial charge in [0.15, 0.2) is 0 Å². The van der Waals surface area contributed by atoms with Gasteiger partial charge in [0.1, 0.15) is 11.1 Å². The van der Waals surface area contributed by atoms with Crippen molar-refractivity contribution in [1.29, 1.82) is 0 Å². The van der Waals surface area contributed by atoms with Crippen LogP contribution >= 0.6 is 22.3 Å². The Morgan fingerprint density at radius 2 is 2.06 bits per heavy atom. The predicted molar refractivity (Wildman–Crippen MR) is 66.9 cm³/mol. The van der Waals surface area contributed by atoms with Gasteiger partial charge in [-0.15, -0.1) is 0 Å². The summed E-state index contributed by atoms with van der Waals surface area (Å²) < 4.78 is 36.0. The minimum atomic E-state index is -3.84. The lowest BCUT2D eigenvalue weighted by Crippen LogP contribution is -2.27. The number of amides is 1. The minimum Gasteiger partial charge on any atom is -0.308 e. The number of hydrogen-bond acceptors (Lipinski definition) is 3. The van der Waals surface area contributed by atoms with E-state index in [0.29, 0.717) is 0 Å². The molecule has 1 amide bonds. The minimum absolute atomic E-state index is 0.00668. The second kappa shape index (κ2) is 4.68. The Morgan fingerprint density at radius 1 is 1.39 bits per heavy atom. The van der Waals surface area contributed by atoms with Crippen molar-refractivity contribution in [2.24, 2.45) is 0 Å². The summed E-state index contributed by atoms with van der Waals surface area (Å²) in [6.45, 7) is -0.150. The molecule has 1 aromatic carbocycles. The standard InChI is InChI=1S/C10H8Cl2FNO3S/c11-6-1-2-9(8(13)3-6)14-5-7(4-10(14)15)18(12,16)17/h1-3,7H,4-5H2. The predicted octanol–water partition coefficient (Wildman–Crippen LogP) is 2.15. The van der Waals surface area contributed by atoms with Gasteiger partial charge < -0.3 is 4.90 Å². The number of halogens is 3. The lowest BCUT2D eigenvalue weighted by Gasteiger charge is -2.16. The summed E-state index contributed by atoms with van der Waals surface area (Å²) >= 11 is 5.60. The fourth-order valence-corrected chi connectivity index (χ4v) is 2.98. The van der Waals surface area contributed by atoms with Gasteiger partial charge in [-0.25, -0.2) is 12.8 Å². The molecule has 4 nitrogen and oxygen atoms in total. The fourth-order valence-electron chi connectivity index (χ4n) is 1.80. The average Bonchev–Trinajstić information content (AvgIpc) is 2.60. The summed E-state index contributed by atoms with van der Waals surface area (Å²) in [5, 5.41) is -0.814. The molecule has 0 spiro atoms. The van der Waals surface area contributed by atoms with E-state index in [0.717, 1.165) is 11.0 Å². The molecule has 1 aliphatic rings. The average molecular weight is 312 g/mol. The number of anilines is 1. The molecule has 1 unspecified atom stereocenters. The van der Waals surface area contributed by atoms with Gasteiger partial charge in [0.05, 0.1) is 5.69 Å². The Bertz CT molecular complexity index is 605. The van der Waals surface area contributed by atoms with E-state index in [1.54, 1.807) is 0 Å². The summed E-state index contributed by atoms with van der Waals surface area (Å²) in [5.74, 6) is -1.16. The van der Waals surface area contributed by atoms with E-state index in [2.05, 4.69) is 0 Å². The zero-order chi connectivity index (χ0) is 13.5. The number of carbonyl (C=O) groups excluding carboxylic acids is 1. The van der Waals surface area contributed by atoms with Gasteiger partial charge in [-0.3, -0.25) is 4.79 Å². The first-order chi connectivity index (χ1) is 8.29. The lowest BCUT2D eigenvalue weighted by atomic mass is 10.3. The van der Waals surface area contributed by atoms with E-state index < -0.39 is 26.0 Å². The van der Waals surface area contributed by atoms with E-state index >= 15 is 0 Å². The van der Waals surface area contributed by atoms with Crippen LogP contribution in [0.4, 0.5) is 10.1 Å². The molecule has 98 valence electrons. The topological polar surface area (TPSA) is 54.5 Å². The van der Waals surface area contributed by atoms with Gasteiger partial charge in [-0.2, -0.15) is 0 Å². The van der Waals surface area contributed by atoms with Crippen LogP contribution in [-0.2, 0) is 13.8 Å². The first kappa shape index (κ1) is 13.6. The number of hydrogen-bond donors (Lipinski definition) is 0. The number of carbonyl (C=O) groups is 1. The smallest absolute Gasteiger partial charge is 0.237 e. The molecule has 1 saturated heterocycles. The first-order valence-electron chi connectivity index (χ1n) is 4.98. The van der Waals surface area contributed by atoms with Crippen LogP contribution < -0.4 is 4.90 Å². The third kappa shape index (κ3) is 2.60. The van der Waals surface area contributed by atoms with Crippen LogP contribution in [0.1, 0.15) is 6.42 Å². The van der Waals surface area contributed by atoms with Crippen molar-refractivity contribution in [2.45, 2.75) is 11.7 Å². The van der Waals surface area contributed by atoms with Crippen molar-refractivity contribution in [2.75, 3.05) is 11.4 Å². The molecule has 1 aliphatic heterocycles. The SMILES string of the molecule is O=C1CC(S(=O)(=O)Cl)CN1c1ccc(Cl)cc1F. The van der Waals surface area contributed by atoms with E-state index in [9.17, 15) is 17.6 Å². The molecule has 1 fully saturated rings. The van der Waals surface area contributed by atoms with Crippen molar-refractivity contribution in [1.82, 2.24) is 0 Å². The summed E-state index contributed by atoms with van der Waals surface area (Å²) in [7, 11) is 1.36. The second-order valence-electron chi connectivity index (χ2n) is 3.90. The molecule has 8 heteroatoms. The molecule has 0 N–H and O–H groups in total. The summed E-state index contributed by atoms with van der Waals surface area (Å²) in [5.41, 5.74) is 0.00668. The molecule has 2 rings (SSSR count). The Kier molecular flexibility index (Phi) is 3.53. The van der Waals surface area contributed by atoms with Crippen LogP contribution in [-0.4, -0.2) is 26.1 Å². The highest BCUT2D eigenvalue weighted by Gasteiger charge is 2.38. The third-order valence-electron chi connectivity index (χ3n) is 2.69. The van der Waals surface area contributed by atoms with E-state index in [1.807, 2.05) is 0 Å². The summed E-state index contributed by atoms with van der Waals surface area (Å²) in [6, 6.07) is 3.82. The molecule has 0 bridgehead atoms. The molecule has 1 aromatic rings. The van der Waals surface area contributed by atoms with Crippen LogP contribution in [0.3, 0.4) is 0 Å². The fraction of sp³-hybridized carbons (Fsp3) is 0.300. The van der Waals surface area contributed by atoms with Crippen molar-refractivity contribution in [3.05, 3.63) is 29.0 Å². The maximum absolute atomic E-state index is 13.6. The van der Waals surface area contributed by atoms with Crippen LogP contribution in [0.5, 0.6) is 0 Å². The number of nitrogens with zero attached hydrogens (tertiary/aromatic N) is 1. The van der Waals surface area contributed by atoms with Crippen LogP contribution in [0.2, 0.25) is 5.02 Å². The van der Waals surface area contributed by atoms with Crippen molar-refractivity contribution >= 4 is 42.9 Å².